The summed E-state index contributed by atoms with van der Waals surface area (Å²) in [6, 6.07) is 6.20. The van der Waals surface area contributed by atoms with Gasteiger partial charge in [0.1, 0.15) is 5.75 Å². The van der Waals surface area contributed by atoms with E-state index in [0.29, 0.717) is 17.7 Å². The first kappa shape index (κ1) is 23.6. The van der Waals surface area contributed by atoms with E-state index in [0.717, 1.165) is 30.6 Å². The minimum Gasteiger partial charge on any atom is -0.497 e. The van der Waals surface area contributed by atoms with Gasteiger partial charge < -0.3 is 10.1 Å². The standard InChI is InChI=1S/C19H29N3O5S/c1-4-5-6-7-8-13-22(19(24)20-2)18(23)17(14-21-28(25)26)15-9-11-16(27-3)12-10-15/h9-12,17H,4-8,13-14H2,1-3H3,(H,20,24). The lowest BCUT2D eigenvalue weighted by Crippen LogP contribution is -2.45. The maximum absolute atomic E-state index is 13.1. The molecule has 1 aromatic carbocycles. The normalized spacial score (nSPS) is 11.4. The summed E-state index contributed by atoms with van der Waals surface area (Å²) in [7, 11) is 0.346. The minimum absolute atomic E-state index is 0.259. The van der Waals surface area contributed by atoms with E-state index in [9.17, 15) is 18.0 Å². The summed E-state index contributed by atoms with van der Waals surface area (Å²) in [5.41, 5.74) is 0.569. The first-order chi connectivity index (χ1) is 13.4. The molecule has 156 valence electrons. The summed E-state index contributed by atoms with van der Waals surface area (Å²) < 4.78 is 30.4. The summed E-state index contributed by atoms with van der Waals surface area (Å²) in [6.45, 7) is 2.13. The molecule has 0 spiro atoms. The van der Waals surface area contributed by atoms with Gasteiger partial charge in [-0.1, -0.05) is 44.7 Å². The second-order valence-corrected chi connectivity index (χ2v) is 7.01. The summed E-state index contributed by atoms with van der Waals surface area (Å²) >= 11 is 0. The van der Waals surface area contributed by atoms with Crippen LogP contribution >= 0.6 is 0 Å². The van der Waals surface area contributed by atoms with Gasteiger partial charge in [-0.3, -0.25) is 9.69 Å². The number of carbonyl (C=O) groups is 2. The molecule has 0 saturated carbocycles. The number of hydrogen-bond donors (Lipinski definition) is 1. The van der Waals surface area contributed by atoms with Gasteiger partial charge in [0.25, 0.3) is 0 Å². The number of nitrogens with zero attached hydrogens (tertiary/aromatic N) is 2. The predicted octanol–water partition coefficient (Wildman–Crippen LogP) is 2.98. The van der Waals surface area contributed by atoms with E-state index < -0.39 is 28.4 Å². The van der Waals surface area contributed by atoms with Crippen LogP contribution < -0.4 is 10.1 Å². The molecular weight excluding hydrogens is 382 g/mol. The van der Waals surface area contributed by atoms with Crippen LogP contribution in [0.2, 0.25) is 0 Å². The number of benzene rings is 1. The van der Waals surface area contributed by atoms with Gasteiger partial charge in [-0.2, -0.15) is 12.8 Å². The van der Waals surface area contributed by atoms with Crippen molar-refractivity contribution in [2.45, 2.75) is 44.9 Å². The molecule has 0 aliphatic carbocycles. The number of imide groups is 1. The average Bonchev–Trinajstić information content (AvgIpc) is 2.70. The summed E-state index contributed by atoms with van der Waals surface area (Å²) in [5.74, 6) is -0.746. The van der Waals surface area contributed by atoms with Crippen molar-refractivity contribution >= 4 is 22.4 Å². The number of unbranched alkanes of at least 4 members (excludes halogenated alkanes) is 4. The predicted molar refractivity (Wildman–Crippen MR) is 107 cm³/mol. The molecule has 0 aliphatic rings. The van der Waals surface area contributed by atoms with Crippen LogP contribution in [0.4, 0.5) is 4.79 Å². The Morgan fingerprint density at radius 1 is 1.14 bits per heavy atom. The van der Waals surface area contributed by atoms with Crippen LogP contribution in [-0.2, 0) is 15.3 Å². The van der Waals surface area contributed by atoms with Crippen molar-refractivity contribution in [1.82, 2.24) is 10.2 Å². The molecule has 0 aliphatic heterocycles. The van der Waals surface area contributed by atoms with Crippen molar-refractivity contribution in [2.24, 2.45) is 4.36 Å². The van der Waals surface area contributed by atoms with Crippen LogP contribution in [0.5, 0.6) is 5.75 Å². The SMILES string of the molecule is CCCCCCCN(C(=O)NC)C(=O)C(CN=S(=O)=O)c1ccc(OC)cc1. The number of hydrogen-bond acceptors (Lipinski definition) is 6. The summed E-state index contributed by atoms with van der Waals surface area (Å²) in [5, 5.41) is 2.48. The Kier molecular flexibility index (Phi) is 10.9. The van der Waals surface area contributed by atoms with E-state index in [1.165, 1.54) is 14.2 Å². The third-order valence-corrected chi connectivity index (χ3v) is 4.75. The highest BCUT2D eigenvalue weighted by Gasteiger charge is 2.29. The molecule has 0 fully saturated rings. The molecule has 3 amide bonds. The number of nitrogens with one attached hydrogen (secondary N) is 1. The van der Waals surface area contributed by atoms with Crippen molar-refractivity contribution in [3.05, 3.63) is 29.8 Å². The summed E-state index contributed by atoms with van der Waals surface area (Å²) in [6.07, 6.45) is 4.86. The van der Waals surface area contributed by atoms with Crippen LogP contribution in [0.1, 0.15) is 50.5 Å². The fourth-order valence-corrected chi connectivity index (χ4v) is 3.08. The smallest absolute Gasteiger partial charge is 0.323 e. The molecule has 9 heteroatoms. The van der Waals surface area contributed by atoms with Crippen LogP contribution in [0, 0.1) is 0 Å². The first-order valence-electron chi connectivity index (χ1n) is 9.38. The van der Waals surface area contributed by atoms with Crippen molar-refractivity contribution in [3.63, 3.8) is 0 Å². The molecule has 0 saturated heterocycles. The second-order valence-electron chi connectivity index (χ2n) is 6.31. The average molecular weight is 412 g/mol. The quantitative estimate of drug-likeness (QED) is 0.564. The van der Waals surface area contributed by atoms with E-state index in [-0.39, 0.29) is 13.1 Å². The lowest BCUT2D eigenvalue weighted by Gasteiger charge is -2.25. The molecule has 0 heterocycles. The molecule has 28 heavy (non-hydrogen) atoms. The molecular formula is C19H29N3O5S. The van der Waals surface area contributed by atoms with Gasteiger partial charge >= 0.3 is 16.5 Å². The van der Waals surface area contributed by atoms with Gasteiger partial charge in [0.15, 0.2) is 0 Å². The number of urea groups is 1. The Morgan fingerprint density at radius 2 is 1.79 bits per heavy atom. The molecule has 1 aromatic rings. The zero-order chi connectivity index (χ0) is 20.9. The molecule has 1 rings (SSSR count). The van der Waals surface area contributed by atoms with Crippen molar-refractivity contribution in [2.75, 3.05) is 27.2 Å². The summed E-state index contributed by atoms with van der Waals surface area (Å²) in [4.78, 5) is 26.5. The molecule has 0 bridgehead atoms. The van der Waals surface area contributed by atoms with Crippen LogP contribution in [0.15, 0.2) is 28.6 Å². The molecule has 1 atom stereocenters. The number of amides is 3. The third kappa shape index (κ3) is 7.67. The highest BCUT2D eigenvalue weighted by molar-refractivity contribution is 7.61. The molecule has 8 nitrogen and oxygen atoms in total. The fraction of sp³-hybridized carbons (Fsp3) is 0.579. The van der Waals surface area contributed by atoms with E-state index in [4.69, 9.17) is 4.74 Å². The van der Waals surface area contributed by atoms with Gasteiger partial charge in [0.05, 0.1) is 19.6 Å². The monoisotopic (exact) mass is 411 g/mol. The van der Waals surface area contributed by atoms with E-state index in [1.807, 2.05) is 0 Å². The largest absolute Gasteiger partial charge is 0.497 e. The lowest BCUT2D eigenvalue weighted by atomic mass is 9.97. The third-order valence-electron chi connectivity index (χ3n) is 4.39. The van der Waals surface area contributed by atoms with E-state index >= 15 is 0 Å². The Bertz CT molecular complexity index is 754. The van der Waals surface area contributed by atoms with Crippen molar-refractivity contribution < 1.29 is 22.7 Å². The van der Waals surface area contributed by atoms with E-state index in [2.05, 4.69) is 16.6 Å². The Morgan fingerprint density at radius 3 is 2.32 bits per heavy atom. The molecule has 1 unspecified atom stereocenters. The maximum atomic E-state index is 13.1. The number of methoxy groups -OCH3 is 1. The van der Waals surface area contributed by atoms with Crippen LogP contribution in [-0.4, -0.2) is 52.5 Å². The zero-order valence-electron chi connectivity index (χ0n) is 16.7. The number of rotatable bonds is 11. The zero-order valence-corrected chi connectivity index (χ0v) is 17.5. The van der Waals surface area contributed by atoms with Gasteiger partial charge in [0.2, 0.25) is 5.91 Å². The Balaban J connectivity index is 3.05. The van der Waals surface area contributed by atoms with E-state index in [1.54, 1.807) is 24.3 Å². The Hall–Kier alpha value is -2.42. The van der Waals surface area contributed by atoms with Crippen molar-refractivity contribution in [1.29, 1.82) is 0 Å². The lowest BCUT2D eigenvalue weighted by molar-refractivity contribution is -0.129. The van der Waals surface area contributed by atoms with Gasteiger partial charge in [-0.05, 0) is 24.1 Å². The van der Waals surface area contributed by atoms with Crippen LogP contribution in [0.3, 0.4) is 0 Å². The first-order valence-corrected chi connectivity index (χ1v) is 10.4. The minimum atomic E-state index is -2.64. The topological polar surface area (TPSA) is 105 Å². The Labute approximate surface area is 168 Å². The molecule has 0 aromatic heterocycles. The van der Waals surface area contributed by atoms with Crippen LogP contribution in [0.25, 0.3) is 0 Å². The van der Waals surface area contributed by atoms with Gasteiger partial charge in [-0.25, -0.2) is 4.79 Å². The van der Waals surface area contributed by atoms with Gasteiger partial charge in [0, 0.05) is 13.6 Å². The molecule has 1 N–H and O–H groups in total. The van der Waals surface area contributed by atoms with Crippen molar-refractivity contribution in [3.8, 4) is 5.75 Å². The fourth-order valence-electron chi connectivity index (χ4n) is 2.81. The number of carbonyl (C=O) groups excluding carboxylic acids is 2. The second kappa shape index (κ2) is 12.9. The van der Waals surface area contributed by atoms with Gasteiger partial charge in [-0.15, -0.1) is 0 Å². The number of ether oxygens (including phenoxy) is 1. The maximum Gasteiger partial charge on any atom is 0.323 e. The highest BCUT2D eigenvalue weighted by atomic mass is 32.2. The molecule has 0 radical (unpaired) electrons. The highest BCUT2D eigenvalue weighted by Crippen LogP contribution is 2.23.